The summed E-state index contributed by atoms with van der Waals surface area (Å²) in [7, 11) is 2.09. The molecule has 0 heterocycles. The van der Waals surface area contributed by atoms with E-state index in [1.807, 2.05) is 6.07 Å². The molecule has 4 heteroatoms. The van der Waals surface area contributed by atoms with Crippen molar-refractivity contribution in [1.82, 2.24) is 0 Å². The third kappa shape index (κ3) is 4.35. The summed E-state index contributed by atoms with van der Waals surface area (Å²) in [6, 6.07) is 10.4. The van der Waals surface area contributed by atoms with Gasteiger partial charge in [-0.05, 0) is 0 Å². The minimum absolute atomic E-state index is 0.00384. The van der Waals surface area contributed by atoms with Crippen molar-refractivity contribution < 1.29 is 0 Å². The first-order valence-electron chi connectivity index (χ1n) is 5.36. The van der Waals surface area contributed by atoms with Gasteiger partial charge in [-0.15, -0.1) is 0 Å². The molecule has 0 fully saturated rings. The Morgan fingerprint density at radius 3 is 2.25 bits per heavy atom. The van der Waals surface area contributed by atoms with Gasteiger partial charge >= 0.3 is 113 Å². The second kappa shape index (κ2) is 5.94. The molecule has 0 saturated heterocycles. The van der Waals surface area contributed by atoms with Gasteiger partial charge in [0.15, 0.2) is 0 Å². The van der Waals surface area contributed by atoms with Crippen molar-refractivity contribution in [2.45, 2.75) is 26.3 Å². The topological polar surface area (TPSA) is 15.6 Å². The van der Waals surface area contributed by atoms with Gasteiger partial charge in [-0.25, -0.2) is 0 Å². The van der Waals surface area contributed by atoms with Gasteiger partial charge in [-0.3, -0.25) is 0 Å². The first-order chi connectivity index (χ1) is 7.44. The number of amidine groups is 1. The van der Waals surface area contributed by atoms with Crippen molar-refractivity contribution in [3.8, 4) is 0 Å². The van der Waals surface area contributed by atoms with Crippen LogP contribution in [0.5, 0.6) is 0 Å². The van der Waals surface area contributed by atoms with Gasteiger partial charge in [0.05, 0.1) is 0 Å². The number of aliphatic imine (C=N–C) groups is 1. The Morgan fingerprint density at radius 2 is 1.81 bits per heavy atom. The molecule has 1 rings (SSSR count). The molecule has 1 aromatic rings. The van der Waals surface area contributed by atoms with Crippen LogP contribution in [0.3, 0.4) is 0 Å². The normalized spacial score (nSPS) is 12.8. The number of para-hydroxylation sites is 1. The number of nitrogens with zero attached hydrogens (tertiary/aromatic N) is 2. The Hall–Kier alpha value is -0.193. The van der Waals surface area contributed by atoms with Crippen LogP contribution < -0.4 is 4.90 Å². The van der Waals surface area contributed by atoms with Crippen molar-refractivity contribution in [2.24, 2.45) is 4.99 Å². The summed E-state index contributed by atoms with van der Waals surface area (Å²) in [6.07, 6.45) is 0. The van der Waals surface area contributed by atoms with E-state index in [1.54, 1.807) is 0 Å². The second-order valence-electron chi connectivity index (χ2n) is 4.66. The Kier molecular flexibility index (Phi) is 5.15. The van der Waals surface area contributed by atoms with Gasteiger partial charge in [0.25, 0.3) is 0 Å². The van der Waals surface area contributed by atoms with Crippen LogP contribution in [0, 0.1) is 0 Å². The maximum absolute atomic E-state index is 4.77. The number of hydrogen-bond acceptors (Lipinski definition) is 1. The maximum atomic E-state index is 4.77. The molecule has 0 N–H and O–H groups in total. The fourth-order valence-electron chi connectivity index (χ4n) is 1.31. The van der Waals surface area contributed by atoms with Crippen molar-refractivity contribution in [3.05, 3.63) is 30.3 Å². The van der Waals surface area contributed by atoms with E-state index >= 15 is 0 Å². The number of rotatable bonds is 2. The number of anilines is 1. The third-order valence-corrected chi connectivity index (χ3v) is 3.58. The molecule has 0 saturated carbocycles. The first-order valence-corrected chi connectivity index (χ1v) is 7.93. The standard InChI is InChI=1S/C12H18N2Se.Li/c1-12(2,3)13-11(15)14(4)10-8-6-5-7-9-10;/h5-9H,1-4H3,(H,13,15);/q;+1/p-1. The fourth-order valence-corrected chi connectivity index (χ4v) is 2.87. The number of hydrogen-bond donors (Lipinski definition) is 0. The first kappa shape index (κ1) is 13.9. The fraction of sp³-hybridized carbons (Fsp3) is 0.417. The predicted molar refractivity (Wildman–Crippen MR) is 73.5 cm³/mol. The Bertz CT molecular complexity index is 357. The molecule has 0 radical (unpaired) electrons. The molecule has 0 atom stereocenters. The molecule has 0 aliphatic carbocycles. The molecule has 0 bridgehead atoms. The van der Waals surface area contributed by atoms with Crippen molar-refractivity contribution >= 4 is 39.0 Å². The van der Waals surface area contributed by atoms with Crippen LogP contribution >= 0.6 is 0 Å². The van der Waals surface area contributed by atoms with E-state index in [9.17, 15) is 0 Å². The zero-order valence-electron chi connectivity index (χ0n) is 10.7. The van der Waals surface area contributed by atoms with E-state index < -0.39 is 0 Å². The molecule has 16 heavy (non-hydrogen) atoms. The van der Waals surface area contributed by atoms with Crippen LogP contribution in [-0.4, -0.2) is 45.9 Å². The molecule has 0 spiro atoms. The Balaban J connectivity index is 2.95. The minimum atomic E-state index is -0.00384. The summed E-state index contributed by atoms with van der Waals surface area (Å²) >= 11 is 2.61. The van der Waals surface area contributed by atoms with E-state index in [1.165, 1.54) is 10.4 Å². The SMILES string of the molecule is [Li][Se]C(=NC(C)(C)C)N(C)c1ccccc1. The van der Waals surface area contributed by atoms with E-state index in [-0.39, 0.29) is 5.54 Å². The molecule has 0 aromatic heterocycles. The molecule has 82 valence electrons. The molecule has 2 nitrogen and oxygen atoms in total. The zero-order chi connectivity index (χ0) is 12.2. The summed E-state index contributed by atoms with van der Waals surface area (Å²) in [6.45, 7) is 6.41. The second-order valence-corrected chi connectivity index (χ2v) is 6.29. The Labute approximate surface area is 112 Å². The summed E-state index contributed by atoms with van der Waals surface area (Å²) < 4.78 is 1.19. The van der Waals surface area contributed by atoms with Gasteiger partial charge in [0.2, 0.25) is 0 Å². The van der Waals surface area contributed by atoms with E-state index in [0.29, 0.717) is 12.8 Å². The Morgan fingerprint density at radius 1 is 1.25 bits per heavy atom. The molecule has 0 unspecified atom stereocenters. The molecule has 0 aliphatic heterocycles. The van der Waals surface area contributed by atoms with Crippen LogP contribution in [0.15, 0.2) is 35.3 Å². The van der Waals surface area contributed by atoms with Crippen LogP contribution in [0.25, 0.3) is 0 Å². The predicted octanol–water partition coefficient (Wildman–Crippen LogP) is 2.06. The quantitative estimate of drug-likeness (QED) is 0.458. The molecule has 0 aliphatic rings. The van der Waals surface area contributed by atoms with Crippen molar-refractivity contribution in [2.75, 3.05) is 11.9 Å². The monoisotopic (exact) mass is 276 g/mol. The molecule has 0 amide bonds. The van der Waals surface area contributed by atoms with Gasteiger partial charge in [-0.1, -0.05) is 0 Å². The van der Waals surface area contributed by atoms with Gasteiger partial charge in [0, 0.05) is 0 Å². The molecular formula is C12H17LiN2Se. The van der Waals surface area contributed by atoms with Crippen LogP contribution in [-0.2, 0) is 0 Å². The van der Waals surface area contributed by atoms with Gasteiger partial charge in [-0.2, -0.15) is 0 Å². The summed E-state index contributed by atoms with van der Waals surface area (Å²) in [5, 5.41) is 0. The number of benzene rings is 1. The average molecular weight is 275 g/mol. The van der Waals surface area contributed by atoms with Crippen molar-refractivity contribution in [3.63, 3.8) is 0 Å². The summed E-state index contributed by atoms with van der Waals surface area (Å²) in [5.41, 5.74) is 1.20. The van der Waals surface area contributed by atoms with E-state index in [0.717, 1.165) is 0 Å². The van der Waals surface area contributed by atoms with E-state index in [4.69, 9.17) is 4.99 Å². The van der Waals surface area contributed by atoms with Gasteiger partial charge in [0.1, 0.15) is 0 Å². The summed E-state index contributed by atoms with van der Waals surface area (Å²) in [5.74, 6) is 0. The van der Waals surface area contributed by atoms with E-state index in [2.05, 4.69) is 72.8 Å². The van der Waals surface area contributed by atoms with Crippen molar-refractivity contribution in [1.29, 1.82) is 0 Å². The third-order valence-electron chi connectivity index (χ3n) is 2.04. The average Bonchev–Trinajstić information content (AvgIpc) is 2.25. The van der Waals surface area contributed by atoms with Gasteiger partial charge < -0.3 is 0 Å². The van der Waals surface area contributed by atoms with Crippen LogP contribution in [0.2, 0.25) is 0 Å². The zero-order valence-corrected chi connectivity index (χ0v) is 12.4. The summed E-state index contributed by atoms with van der Waals surface area (Å²) in [4.78, 5) is 6.96. The molecular weight excluding hydrogens is 258 g/mol. The van der Waals surface area contributed by atoms with Crippen LogP contribution in [0.1, 0.15) is 20.8 Å². The van der Waals surface area contributed by atoms with Crippen LogP contribution in [0.4, 0.5) is 5.69 Å². The molecule has 1 aromatic carbocycles.